The van der Waals surface area contributed by atoms with E-state index in [0.717, 1.165) is 32.9 Å². The third-order valence-corrected chi connectivity index (χ3v) is 5.74. The minimum atomic E-state index is 0.253. The van der Waals surface area contributed by atoms with E-state index in [9.17, 15) is 0 Å². The van der Waals surface area contributed by atoms with Crippen LogP contribution in [0.15, 0.2) is 53.0 Å². The van der Waals surface area contributed by atoms with Gasteiger partial charge in [-0.1, -0.05) is 51.8 Å². The molecular formula is C19H17BrClNO. The molecule has 0 unspecified atom stereocenters. The van der Waals surface area contributed by atoms with Gasteiger partial charge in [-0.25, -0.2) is 0 Å². The first-order chi connectivity index (χ1) is 11.2. The van der Waals surface area contributed by atoms with Crippen LogP contribution in [0.3, 0.4) is 0 Å². The monoisotopic (exact) mass is 389 g/mol. The molecule has 1 aliphatic carbocycles. The number of ether oxygens (including phenoxy) is 1. The summed E-state index contributed by atoms with van der Waals surface area (Å²) in [5.41, 5.74) is 3.48. The molecule has 23 heavy (non-hydrogen) atoms. The van der Waals surface area contributed by atoms with E-state index in [1.54, 1.807) is 7.11 Å². The Morgan fingerprint density at radius 1 is 1.17 bits per heavy atom. The summed E-state index contributed by atoms with van der Waals surface area (Å²) in [6, 6.07) is 12.7. The Hall–Kier alpha value is -1.45. The molecule has 0 radical (unpaired) electrons. The van der Waals surface area contributed by atoms with E-state index >= 15 is 0 Å². The van der Waals surface area contributed by atoms with Gasteiger partial charge in [0, 0.05) is 21.0 Å². The molecule has 1 aliphatic heterocycles. The van der Waals surface area contributed by atoms with Crippen molar-refractivity contribution in [3.8, 4) is 5.75 Å². The van der Waals surface area contributed by atoms with Crippen molar-refractivity contribution in [2.24, 2.45) is 5.92 Å². The maximum atomic E-state index is 6.52. The van der Waals surface area contributed by atoms with Crippen molar-refractivity contribution >= 4 is 33.2 Å². The molecule has 1 heterocycles. The van der Waals surface area contributed by atoms with Crippen molar-refractivity contribution in [2.75, 3.05) is 12.4 Å². The van der Waals surface area contributed by atoms with Gasteiger partial charge in [0.15, 0.2) is 0 Å². The predicted molar refractivity (Wildman–Crippen MR) is 98.5 cm³/mol. The summed E-state index contributed by atoms with van der Waals surface area (Å²) < 4.78 is 6.66. The lowest BCUT2D eigenvalue weighted by atomic mass is 9.77. The van der Waals surface area contributed by atoms with Crippen molar-refractivity contribution in [3.63, 3.8) is 0 Å². The van der Waals surface area contributed by atoms with E-state index in [-0.39, 0.29) is 6.04 Å². The van der Waals surface area contributed by atoms with Crippen LogP contribution in [-0.4, -0.2) is 7.11 Å². The average Bonchev–Trinajstić information content (AvgIpc) is 3.04. The molecular weight excluding hydrogens is 374 g/mol. The highest BCUT2D eigenvalue weighted by atomic mass is 79.9. The summed E-state index contributed by atoms with van der Waals surface area (Å²) >= 11 is 10.0. The van der Waals surface area contributed by atoms with Gasteiger partial charge >= 0.3 is 0 Å². The first-order valence-electron chi connectivity index (χ1n) is 7.74. The van der Waals surface area contributed by atoms with Crippen LogP contribution < -0.4 is 10.1 Å². The van der Waals surface area contributed by atoms with Crippen LogP contribution >= 0.6 is 27.5 Å². The maximum absolute atomic E-state index is 6.52. The van der Waals surface area contributed by atoms with Crippen LogP contribution in [0.1, 0.15) is 29.5 Å². The SMILES string of the molecule is COc1ccc(Cl)c2c1N[C@H](c1ccc(Br)cc1)[C@@H]1CC=C[C@@H]21. The van der Waals surface area contributed by atoms with Crippen molar-refractivity contribution in [1.82, 2.24) is 0 Å². The molecule has 0 spiro atoms. The standard InChI is InChI=1S/C19H17BrClNO/c1-23-16-10-9-15(21)17-13-3-2-4-14(13)18(22-19(16)17)11-5-7-12(20)8-6-11/h2-3,5-10,13-14,18,22H,4H2,1H3/t13-,14-,18-/m1/s1. The maximum Gasteiger partial charge on any atom is 0.142 e. The Balaban J connectivity index is 1.84. The summed E-state index contributed by atoms with van der Waals surface area (Å²) in [5.74, 6) is 1.67. The van der Waals surface area contributed by atoms with Crippen molar-refractivity contribution in [1.29, 1.82) is 0 Å². The number of fused-ring (bicyclic) bond motifs is 3. The zero-order valence-corrected chi connectivity index (χ0v) is 15.1. The molecule has 2 aromatic carbocycles. The normalized spacial score (nSPS) is 24.7. The fraction of sp³-hybridized carbons (Fsp3) is 0.263. The van der Waals surface area contributed by atoms with E-state index in [4.69, 9.17) is 16.3 Å². The molecule has 2 nitrogen and oxygen atoms in total. The van der Waals surface area contributed by atoms with Gasteiger partial charge < -0.3 is 10.1 Å². The second kappa shape index (κ2) is 5.88. The number of rotatable bonds is 2. The van der Waals surface area contributed by atoms with E-state index in [2.05, 4.69) is 57.7 Å². The van der Waals surface area contributed by atoms with Crippen molar-refractivity contribution < 1.29 is 4.74 Å². The lowest BCUT2D eigenvalue weighted by Gasteiger charge is -2.38. The first-order valence-corrected chi connectivity index (χ1v) is 8.91. The number of anilines is 1. The second-order valence-corrected chi connectivity index (χ2v) is 7.39. The van der Waals surface area contributed by atoms with E-state index in [0.29, 0.717) is 11.8 Å². The van der Waals surface area contributed by atoms with Gasteiger partial charge in [-0.2, -0.15) is 0 Å². The Morgan fingerprint density at radius 2 is 1.96 bits per heavy atom. The number of halogens is 2. The third-order valence-electron chi connectivity index (χ3n) is 4.88. The van der Waals surface area contributed by atoms with Crippen molar-refractivity contribution in [3.05, 3.63) is 69.2 Å². The Labute approximate surface area is 149 Å². The Bertz CT molecular complexity index is 772. The number of methoxy groups -OCH3 is 1. The summed E-state index contributed by atoms with van der Waals surface area (Å²) in [7, 11) is 1.70. The predicted octanol–water partition coefficient (Wildman–Crippen LogP) is 5.94. The van der Waals surface area contributed by atoms with Gasteiger partial charge in [-0.3, -0.25) is 0 Å². The van der Waals surface area contributed by atoms with Crippen LogP contribution in [-0.2, 0) is 0 Å². The average molecular weight is 391 g/mol. The quantitative estimate of drug-likeness (QED) is 0.641. The van der Waals surface area contributed by atoms with Crippen LogP contribution in [0, 0.1) is 5.92 Å². The molecule has 0 saturated heterocycles. The molecule has 0 aromatic heterocycles. The number of benzene rings is 2. The topological polar surface area (TPSA) is 21.3 Å². The molecule has 4 heteroatoms. The minimum Gasteiger partial charge on any atom is -0.495 e. The highest BCUT2D eigenvalue weighted by molar-refractivity contribution is 9.10. The Morgan fingerprint density at radius 3 is 2.70 bits per heavy atom. The summed E-state index contributed by atoms with van der Waals surface area (Å²) in [6.07, 6.45) is 5.63. The van der Waals surface area contributed by atoms with E-state index in [1.165, 1.54) is 5.56 Å². The second-order valence-electron chi connectivity index (χ2n) is 6.07. The molecule has 0 fully saturated rings. The molecule has 118 valence electrons. The fourth-order valence-electron chi connectivity index (χ4n) is 3.81. The van der Waals surface area contributed by atoms with Gasteiger partial charge in [0.2, 0.25) is 0 Å². The van der Waals surface area contributed by atoms with Gasteiger partial charge in [0.1, 0.15) is 5.75 Å². The first kappa shape index (κ1) is 15.1. The number of nitrogens with one attached hydrogen (secondary N) is 1. The fourth-order valence-corrected chi connectivity index (χ4v) is 4.36. The van der Waals surface area contributed by atoms with Gasteiger partial charge in [0.25, 0.3) is 0 Å². The largest absolute Gasteiger partial charge is 0.495 e. The number of hydrogen-bond donors (Lipinski definition) is 1. The lowest BCUT2D eigenvalue weighted by Crippen LogP contribution is -2.29. The van der Waals surface area contributed by atoms with E-state index < -0.39 is 0 Å². The highest BCUT2D eigenvalue weighted by Gasteiger charge is 2.40. The molecule has 0 bridgehead atoms. The number of hydrogen-bond acceptors (Lipinski definition) is 2. The van der Waals surface area contributed by atoms with Gasteiger partial charge in [-0.05, 0) is 42.2 Å². The minimum absolute atomic E-state index is 0.253. The smallest absolute Gasteiger partial charge is 0.142 e. The van der Waals surface area contributed by atoms with Crippen LogP contribution in [0.5, 0.6) is 5.75 Å². The van der Waals surface area contributed by atoms with Crippen LogP contribution in [0.4, 0.5) is 5.69 Å². The van der Waals surface area contributed by atoms with Crippen molar-refractivity contribution in [2.45, 2.75) is 18.4 Å². The zero-order chi connectivity index (χ0) is 16.0. The molecule has 4 rings (SSSR count). The highest BCUT2D eigenvalue weighted by Crippen LogP contribution is 2.54. The summed E-state index contributed by atoms with van der Waals surface area (Å²) in [6.45, 7) is 0. The van der Waals surface area contributed by atoms with Gasteiger partial charge in [-0.15, -0.1) is 0 Å². The summed E-state index contributed by atoms with van der Waals surface area (Å²) in [5, 5.41) is 4.51. The molecule has 0 amide bonds. The lowest BCUT2D eigenvalue weighted by molar-refractivity contribution is 0.397. The van der Waals surface area contributed by atoms with E-state index in [1.807, 2.05) is 12.1 Å². The third kappa shape index (κ3) is 2.47. The zero-order valence-electron chi connectivity index (χ0n) is 12.7. The van der Waals surface area contributed by atoms with Crippen LogP contribution in [0.2, 0.25) is 5.02 Å². The Kier molecular flexibility index (Phi) is 3.86. The molecule has 0 saturated carbocycles. The molecule has 3 atom stereocenters. The van der Waals surface area contributed by atoms with Gasteiger partial charge in [0.05, 0.1) is 18.8 Å². The summed E-state index contributed by atoms with van der Waals surface area (Å²) in [4.78, 5) is 0. The van der Waals surface area contributed by atoms with Crippen LogP contribution in [0.25, 0.3) is 0 Å². The molecule has 1 N–H and O–H groups in total. The molecule has 2 aliphatic rings. The molecule has 2 aromatic rings. The number of allylic oxidation sites excluding steroid dienone is 2.